The molecule has 1 atom stereocenters. The number of benzene rings is 2. The summed E-state index contributed by atoms with van der Waals surface area (Å²) in [4.78, 5) is 0. The third-order valence-corrected chi connectivity index (χ3v) is 2.83. The van der Waals surface area contributed by atoms with E-state index in [0.717, 1.165) is 11.6 Å². The van der Waals surface area contributed by atoms with E-state index in [9.17, 15) is 8.78 Å². The van der Waals surface area contributed by atoms with Gasteiger partial charge in [0, 0.05) is 6.07 Å². The van der Waals surface area contributed by atoms with E-state index in [1.165, 1.54) is 12.1 Å². The van der Waals surface area contributed by atoms with E-state index in [-0.39, 0.29) is 6.10 Å². The molecule has 0 fully saturated rings. The lowest BCUT2D eigenvalue weighted by molar-refractivity contribution is 0.242. The summed E-state index contributed by atoms with van der Waals surface area (Å²) in [6, 6.07) is 9.93. The molecule has 4 heteroatoms. The number of nitrogens with two attached hydrogens (primary N) is 1. The third-order valence-electron chi connectivity index (χ3n) is 2.83. The fraction of sp³-hybridized carbons (Fsp3) is 0.250. The molecule has 2 nitrogen and oxygen atoms in total. The van der Waals surface area contributed by atoms with Gasteiger partial charge in [0.2, 0.25) is 0 Å². The first-order valence-corrected chi connectivity index (χ1v) is 6.44. The number of hydrogen-bond donors (Lipinski definition) is 1. The van der Waals surface area contributed by atoms with Crippen molar-refractivity contribution in [2.24, 2.45) is 5.73 Å². The van der Waals surface area contributed by atoms with Crippen LogP contribution in [0.1, 0.15) is 31.0 Å². The smallest absolute Gasteiger partial charge is 0.126 e. The summed E-state index contributed by atoms with van der Waals surface area (Å²) >= 11 is 0. The van der Waals surface area contributed by atoms with Gasteiger partial charge in [-0.1, -0.05) is 12.1 Å². The van der Waals surface area contributed by atoms with Gasteiger partial charge in [-0.3, -0.25) is 0 Å². The van der Waals surface area contributed by atoms with Crippen LogP contribution in [0.3, 0.4) is 0 Å². The molecule has 2 aromatic rings. The van der Waals surface area contributed by atoms with E-state index in [2.05, 4.69) is 0 Å². The molecule has 0 aliphatic carbocycles. The number of halogens is 2. The molecule has 0 radical (unpaired) electrons. The van der Waals surface area contributed by atoms with Crippen LogP contribution in [0.15, 0.2) is 42.5 Å². The fourth-order valence-corrected chi connectivity index (χ4v) is 2.00. The van der Waals surface area contributed by atoms with Crippen molar-refractivity contribution in [3.8, 4) is 5.75 Å². The van der Waals surface area contributed by atoms with Gasteiger partial charge in [0.25, 0.3) is 0 Å². The Balaban J connectivity index is 2.30. The van der Waals surface area contributed by atoms with Gasteiger partial charge in [-0.05, 0) is 49.2 Å². The Morgan fingerprint density at radius 3 is 2.20 bits per heavy atom. The molecule has 1 unspecified atom stereocenters. The Kier molecular flexibility index (Phi) is 4.35. The van der Waals surface area contributed by atoms with Crippen LogP contribution in [0.25, 0.3) is 0 Å². The highest BCUT2D eigenvalue weighted by molar-refractivity contribution is 5.36. The molecular formula is C16H17F2NO. The van der Waals surface area contributed by atoms with Crippen LogP contribution in [-0.2, 0) is 0 Å². The zero-order valence-corrected chi connectivity index (χ0v) is 11.4. The van der Waals surface area contributed by atoms with Crippen molar-refractivity contribution < 1.29 is 13.5 Å². The summed E-state index contributed by atoms with van der Waals surface area (Å²) in [5.41, 5.74) is 7.20. The predicted molar refractivity (Wildman–Crippen MR) is 74.6 cm³/mol. The molecule has 0 amide bonds. The van der Waals surface area contributed by atoms with Crippen LogP contribution in [0.4, 0.5) is 8.78 Å². The van der Waals surface area contributed by atoms with Gasteiger partial charge in [0.15, 0.2) is 0 Å². The molecule has 106 valence electrons. The lowest BCUT2D eigenvalue weighted by Gasteiger charge is -2.15. The first-order chi connectivity index (χ1) is 9.45. The minimum atomic E-state index is -0.634. The van der Waals surface area contributed by atoms with Crippen molar-refractivity contribution in [2.75, 3.05) is 0 Å². The van der Waals surface area contributed by atoms with Gasteiger partial charge in [-0.2, -0.15) is 0 Å². The van der Waals surface area contributed by atoms with Crippen LogP contribution < -0.4 is 10.5 Å². The van der Waals surface area contributed by atoms with Gasteiger partial charge in [0.05, 0.1) is 12.1 Å². The lowest BCUT2D eigenvalue weighted by atomic mass is 9.99. The first kappa shape index (κ1) is 14.5. The predicted octanol–water partition coefficient (Wildman–Crippen LogP) is 3.80. The maximum atomic E-state index is 13.2. The monoisotopic (exact) mass is 277 g/mol. The van der Waals surface area contributed by atoms with Crippen molar-refractivity contribution in [1.29, 1.82) is 0 Å². The van der Waals surface area contributed by atoms with Gasteiger partial charge < -0.3 is 10.5 Å². The van der Waals surface area contributed by atoms with Gasteiger partial charge in [-0.15, -0.1) is 0 Å². The normalized spacial score (nSPS) is 12.5. The Morgan fingerprint density at radius 2 is 1.60 bits per heavy atom. The van der Waals surface area contributed by atoms with Crippen molar-refractivity contribution in [1.82, 2.24) is 0 Å². The zero-order chi connectivity index (χ0) is 14.7. The second-order valence-corrected chi connectivity index (χ2v) is 4.92. The second-order valence-electron chi connectivity index (χ2n) is 4.92. The lowest BCUT2D eigenvalue weighted by Crippen LogP contribution is -2.13. The molecule has 0 aliphatic heterocycles. The van der Waals surface area contributed by atoms with Crippen molar-refractivity contribution in [3.63, 3.8) is 0 Å². The van der Waals surface area contributed by atoms with Crippen molar-refractivity contribution >= 4 is 0 Å². The number of rotatable bonds is 4. The minimum Gasteiger partial charge on any atom is -0.491 e. The van der Waals surface area contributed by atoms with Crippen LogP contribution in [0.2, 0.25) is 0 Å². The zero-order valence-electron chi connectivity index (χ0n) is 11.4. The first-order valence-electron chi connectivity index (χ1n) is 6.44. The van der Waals surface area contributed by atoms with E-state index in [4.69, 9.17) is 10.5 Å². The summed E-state index contributed by atoms with van der Waals surface area (Å²) in [6.07, 6.45) is 0.0492. The quantitative estimate of drug-likeness (QED) is 0.922. The second kappa shape index (κ2) is 6.01. The number of hydrogen-bond acceptors (Lipinski definition) is 2. The molecule has 2 N–H and O–H groups in total. The molecule has 0 spiro atoms. The average molecular weight is 277 g/mol. The summed E-state index contributed by atoms with van der Waals surface area (Å²) in [5, 5.41) is 0. The summed E-state index contributed by atoms with van der Waals surface area (Å²) < 4.78 is 32.1. The largest absolute Gasteiger partial charge is 0.491 e. The average Bonchev–Trinajstić information content (AvgIpc) is 2.36. The minimum absolute atomic E-state index is 0.0492. The highest BCUT2D eigenvalue weighted by Gasteiger charge is 2.12. The fourth-order valence-electron chi connectivity index (χ4n) is 2.00. The Labute approximate surface area is 117 Å². The standard InChI is InChI=1S/C16H17F2NO/c1-10(2)20-15-5-3-4-11(8-15)16(19)12-6-13(17)9-14(18)7-12/h3-10,16H,19H2,1-2H3. The van der Waals surface area contributed by atoms with E-state index >= 15 is 0 Å². The van der Waals surface area contributed by atoms with Gasteiger partial charge in [0.1, 0.15) is 17.4 Å². The van der Waals surface area contributed by atoms with Crippen LogP contribution in [0, 0.1) is 11.6 Å². The maximum Gasteiger partial charge on any atom is 0.126 e. The van der Waals surface area contributed by atoms with E-state index in [0.29, 0.717) is 11.3 Å². The highest BCUT2D eigenvalue weighted by Crippen LogP contribution is 2.25. The molecular weight excluding hydrogens is 260 g/mol. The number of ether oxygens (including phenoxy) is 1. The summed E-state index contributed by atoms with van der Waals surface area (Å²) in [6.45, 7) is 3.85. The Hall–Kier alpha value is -1.94. The molecule has 0 bridgehead atoms. The molecule has 0 saturated carbocycles. The molecule has 0 aliphatic rings. The van der Waals surface area contributed by atoms with Crippen LogP contribution in [-0.4, -0.2) is 6.10 Å². The summed E-state index contributed by atoms with van der Waals surface area (Å²) in [5.74, 6) is -0.583. The van der Waals surface area contributed by atoms with E-state index in [1.54, 1.807) is 12.1 Å². The van der Waals surface area contributed by atoms with Gasteiger partial charge in [-0.25, -0.2) is 8.78 Å². The Bertz CT molecular complexity index is 579. The van der Waals surface area contributed by atoms with Crippen molar-refractivity contribution in [3.05, 3.63) is 65.2 Å². The van der Waals surface area contributed by atoms with E-state index in [1.807, 2.05) is 26.0 Å². The molecule has 0 saturated heterocycles. The van der Waals surface area contributed by atoms with Crippen LogP contribution >= 0.6 is 0 Å². The van der Waals surface area contributed by atoms with Gasteiger partial charge >= 0.3 is 0 Å². The molecule has 0 heterocycles. The molecule has 0 aromatic heterocycles. The Morgan fingerprint density at radius 1 is 0.950 bits per heavy atom. The molecule has 20 heavy (non-hydrogen) atoms. The summed E-state index contributed by atoms with van der Waals surface area (Å²) in [7, 11) is 0. The molecule has 2 rings (SSSR count). The van der Waals surface area contributed by atoms with Crippen molar-refractivity contribution in [2.45, 2.75) is 26.0 Å². The molecule has 2 aromatic carbocycles. The highest BCUT2D eigenvalue weighted by atomic mass is 19.1. The van der Waals surface area contributed by atoms with E-state index < -0.39 is 17.7 Å². The van der Waals surface area contributed by atoms with Crippen LogP contribution in [0.5, 0.6) is 5.75 Å². The third kappa shape index (κ3) is 3.54. The SMILES string of the molecule is CC(C)Oc1cccc(C(N)c2cc(F)cc(F)c2)c1. The maximum absolute atomic E-state index is 13.2. The topological polar surface area (TPSA) is 35.2 Å².